The van der Waals surface area contributed by atoms with Crippen LogP contribution < -0.4 is 0 Å². The van der Waals surface area contributed by atoms with E-state index in [2.05, 4.69) is 30.3 Å². The molecule has 3 atom stereocenters. The lowest BCUT2D eigenvalue weighted by Gasteiger charge is -1.98. The molecule has 1 rings (SSSR count). The Hall–Kier alpha value is -1.48. The molecule has 0 spiro atoms. The molecule has 0 saturated carbocycles. The second-order valence-electron chi connectivity index (χ2n) is 4.55. The summed E-state index contributed by atoms with van der Waals surface area (Å²) in [6.07, 6.45) is 10.5. The molecule has 2 nitrogen and oxygen atoms in total. The highest BCUT2D eigenvalue weighted by Crippen LogP contribution is 2.30. The van der Waals surface area contributed by atoms with E-state index in [0.29, 0.717) is 0 Å². The fourth-order valence-electron chi connectivity index (χ4n) is 1.83. The van der Waals surface area contributed by atoms with Crippen molar-refractivity contribution in [2.75, 3.05) is 0 Å². The van der Waals surface area contributed by atoms with Gasteiger partial charge in [-0.15, -0.1) is 6.58 Å². The highest BCUT2D eigenvalue weighted by Gasteiger charge is 2.42. The molecule has 0 bridgehead atoms. The first-order valence-corrected chi connectivity index (χ1v) is 6.86. The summed E-state index contributed by atoms with van der Waals surface area (Å²) in [5.41, 5.74) is 0. The largest absolute Gasteiger partial charge is 0.377 e. The zero-order valence-corrected chi connectivity index (χ0v) is 11.6. The van der Waals surface area contributed by atoms with Gasteiger partial charge in [0.25, 0.3) is 0 Å². The number of rotatable bonds is 7. The molecule has 1 fully saturated rings. The number of epoxide rings is 1. The van der Waals surface area contributed by atoms with Gasteiger partial charge >= 0.3 is 0 Å². The summed E-state index contributed by atoms with van der Waals surface area (Å²) in [5.74, 6) is 10.8. The predicted molar refractivity (Wildman–Crippen MR) is 78.3 cm³/mol. The van der Waals surface area contributed by atoms with Crippen molar-refractivity contribution >= 4 is 0 Å². The number of aliphatic hydroxyl groups is 1. The van der Waals surface area contributed by atoms with Crippen molar-refractivity contribution in [2.45, 2.75) is 57.3 Å². The highest BCUT2D eigenvalue weighted by atomic mass is 16.6. The van der Waals surface area contributed by atoms with Crippen LogP contribution in [0.5, 0.6) is 0 Å². The third-order valence-corrected chi connectivity index (χ3v) is 2.93. The Morgan fingerprint density at radius 3 is 2.89 bits per heavy atom. The molecule has 1 aliphatic heterocycles. The normalized spacial score (nSPS) is 22.0. The number of ether oxygens (including phenoxy) is 1. The van der Waals surface area contributed by atoms with Gasteiger partial charge in [0.05, 0.1) is 6.10 Å². The zero-order valence-electron chi connectivity index (χ0n) is 11.6. The van der Waals surface area contributed by atoms with E-state index in [1.54, 1.807) is 6.08 Å². The Bertz CT molecular complexity index is 414. The van der Waals surface area contributed by atoms with Gasteiger partial charge in [-0.05, 0) is 44.1 Å². The van der Waals surface area contributed by atoms with Crippen LogP contribution >= 0.6 is 0 Å². The van der Waals surface area contributed by atoms with E-state index < -0.39 is 6.10 Å². The lowest BCUT2D eigenvalue weighted by Crippen LogP contribution is -2.14. The van der Waals surface area contributed by atoms with Crippen LogP contribution in [0.15, 0.2) is 24.8 Å². The summed E-state index contributed by atoms with van der Waals surface area (Å²) in [4.78, 5) is 0. The van der Waals surface area contributed by atoms with Gasteiger partial charge in [0.15, 0.2) is 0 Å². The van der Waals surface area contributed by atoms with Crippen LogP contribution in [0.3, 0.4) is 0 Å². The van der Waals surface area contributed by atoms with Gasteiger partial charge in [0.2, 0.25) is 0 Å². The molecule has 0 radical (unpaired) electrons. The Morgan fingerprint density at radius 1 is 1.32 bits per heavy atom. The zero-order chi connectivity index (χ0) is 13.9. The molecule has 2 heteroatoms. The van der Waals surface area contributed by atoms with Crippen molar-refractivity contribution in [2.24, 2.45) is 0 Å². The molecular formula is C17H22O2. The molecular weight excluding hydrogens is 236 g/mol. The van der Waals surface area contributed by atoms with E-state index in [4.69, 9.17) is 4.74 Å². The van der Waals surface area contributed by atoms with Gasteiger partial charge in [-0.1, -0.05) is 36.8 Å². The first kappa shape index (κ1) is 15.6. The van der Waals surface area contributed by atoms with E-state index in [1.165, 1.54) is 12.8 Å². The number of hydrogen-bond donors (Lipinski definition) is 1. The lowest BCUT2D eigenvalue weighted by atomic mass is 10.1. The fourth-order valence-corrected chi connectivity index (χ4v) is 1.83. The van der Waals surface area contributed by atoms with E-state index in [1.807, 2.05) is 19.1 Å². The van der Waals surface area contributed by atoms with Crippen LogP contribution in [0, 0.1) is 23.7 Å². The van der Waals surface area contributed by atoms with Crippen LogP contribution in [-0.2, 0) is 4.74 Å². The van der Waals surface area contributed by atoms with Gasteiger partial charge < -0.3 is 9.84 Å². The summed E-state index contributed by atoms with van der Waals surface area (Å²) in [6.45, 7) is 5.60. The van der Waals surface area contributed by atoms with Crippen LogP contribution in [-0.4, -0.2) is 23.4 Å². The molecule has 0 aromatic carbocycles. The third kappa shape index (κ3) is 6.87. The Balaban J connectivity index is 2.14. The SMILES string of the molecule is C=CCCCCC[C@@H]1O[C@@H]1[C@H](O)C#CC#C/C=C\C. The second-order valence-corrected chi connectivity index (χ2v) is 4.55. The van der Waals surface area contributed by atoms with Crippen LogP contribution in [0.25, 0.3) is 0 Å². The topological polar surface area (TPSA) is 32.8 Å². The van der Waals surface area contributed by atoms with Gasteiger partial charge in [-0.3, -0.25) is 0 Å². The van der Waals surface area contributed by atoms with E-state index in [0.717, 1.165) is 19.3 Å². The monoisotopic (exact) mass is 258 g/mol. The van der Waals surface area contributed by atoms with Gasteiger partial charge in [0, 0.05) is 0 Å². The van der Waals surface area contributed by atoms with Crippen LogP contribution in [0.2, 0.25) is 0 Å². The maximum absolute atomic E-state index is 9.76. The Kier molecular flexibility index (Phi) is 7.75. The number of aliphatic hydroxyl groups excluding tert-OH is 1. The number of hydrogen-bond acceptors (Lipinski definition) is 2. The summed E-state index contributed by atoms with van der Waals surface area (Å²) in [6, 6.07) is 0. The van der Waals surface area contributed by atoms with E-state index >= 15 is 0 Å². The Labute approximate surface area is 116 Å². The summed E-state index contributed by atoms with van der Waals surface area (Å²) in [5, 5.41) is 9.76. The van der Waals surface area contributed by atoms with E-state index in [-0.39, 0.29) is 12.2 Å². The van der Waals surface area contributed by atoms with Crippen molar-refractivity contribution in [1.29, 1.82) is 0 Å². The Morgan fingerprint density at radius 2 is 2.16 bits per heavy atom. The fraction of sp³-hybridized carbons (Fsp3) is 0.529. The van der Waals surface area contributed by atoms with Crippen molar-refractivity contribution in [3.05, 3.63) is 24.8 Å². The molecule has 1 aliphatic rings. The number of unbranched alkanes of at least 4 members (excludes halogenated alkanes) is 3. The smallest absolute Gasteiger partial charge is 0.144 e. The minimum Gasteiger partial charge on any atom is -0.377 e. The maximum Gasteiger partial charge on any atom is 0.144 e. The first-order chi connectivity index (χ1) is 9.29. The van der Waals surface area contributed by atoms with Crippen LogP contribution in [0.4, 0.5) is 0 Å². The average Bonchev–Trinajstić information content (AvgIpc) is 3.18. The molecule has 102 valence electrons. The second kappa shape index (κ2) is 9.45. The molecule has 0 aromatic rings. The predicted octanol–water partition coefficient (Wildman–Crippen LogP) is 2.83. The summed E-state index contributed by atoms with van der Waals surface area (Å²) < 4.78 is 5.43. The van der Waals surface area contributed by atoms with Crippen molar-refractivity contribution in [3.63, 3.8) is 0 Å². The molecule has 0 unspecified atom stereocenters. The molecule has 19 heavy (non-hydrogen) atoms. The van der Waals surface area contributed by atoms with Gasteiger partial charge in [-0.2, -0.15) is 0 Å². The minimum absolute atomic E-state index is 0.115. The van der Waals surface area contributed by atoms with Crippen molar-refractivity contribution < 1.29 is 9.84 Å². The third-order valence-electron chi connectivity index (χ3n) is 2.93. The molecule has 1 heterocycles. The molecule has 1 saturated heterocycles. The van der Waals surface area contributed by atoms with Crippen molar-refractivity contribution in [1.82, 2.24) is 0 Å². The molecule has 0 aliphatic carbocycles. The van der Waals surface area contributed by atoms with Gasteiger partial charge in [-0.25, -0.2) is 0 Å². The summed E-state index contributed by atoms with van der Waals surface area (Å²) in [7, 11) is 0. The standard InChI is InChI=1S/C17H22O2/c1-3-5-7-9-11-13-15(18)17-16(19-17)14-12-10-8-6-4-2/h3-5,15-18H,2,6,8,10,12,14H2,1H3/b5-3-/t15-,16+,17-/m1/s1. The number of allylic oxidation sites excluding steroid dienone is 3. The molecule has 1 N–H and O–H groups in total. The summed E-state index contributed by atoms with van der Waals surface area (Å²) >= 11 is 0. The quantitative estimate of drug-likeness (QED) is 0.330. The first-order valence-electron chi connectivity index (χ1n) is 6.86. The van der Waals surface area contributed by atoms with E-state index in [9.17, 15) is 5.11 Å². The minimum atomic E-state index is -0.710. The van der Waals surface area contributed by atoms with Crippen molar-refractivity contribution in [3.8, 4) is 23.7 Å². The van der Waals surface area contributed by atoms with Crippen LogP contribution in [0.1, 0.15) is 39.0 Å². The molecule has 0 aromatic heterocycles. The highest BCUT2D eigenvalue weighted by molar-refractivity contribution is 5.32. The lowest BCUT2D eigenvalue weighted by molar-refractivity contribution is 0.185. The molecule has 0 amide bonds. The van der Waals surface area contributed by atoms with Gasteiger partial charge in [0.1, 0.15) is 12.2 Å². The average molecular weight is 258 g/mol. The maximum atomic E-state index is 9.76.